The van der Waals surface area contributed by atoms with Crippen LogP contribution in [0.2, 0.25) is 0 Å². The van der Waals surface area contributed by atoms with Crippen molar-refractivity contribution in [1.29, 1.82) is 0 Å². The molecule has 0 bridgehead atoms. The largest absolute Gasteiger partial charge is 0.455 e. The van der Waals surface area contributed by atoms with Crippen molar-refractivity contribution < 1.29 is 4.42 Å². The Morgan fingerprint density at radius 3 is 1.43 bits per heavy atom. The van der Waals surface area contributed by atoms with E-state index < -0.39 is 0 Å². The normalized spacial score (nSPS) is 11.0. The van der Waals surface area contributed by atoms with Crippen molar-refractivity contribution in [3.8, 4) is 44.7 Å². The third-order valence-corrected chi connectivity index (χ3v) is 8.49. The van der Waals surface area contributed by atoms with Gasteiger partial charge in [-0.1, -0.05) is 140 Å². The van der Waals surface area contributed by atoms with Gasteiger partial charge < -0.3 is 9.32 Å². The van der Waals surface area contributed by atoms with Crippen molar-refractivity contribution in [3.63, 3.8) is 0 Å². The molecule has 218 valence electrons. The Kier molecular flexibility index (Phi) is 7.22. The molecule has 2 nitrogen and oxygen atoms in total. The molecule has 46 heavy (non-hydrogen) atoms. The van der Waals surface area contributed by atoms with E-state index in [1.54, 1.807) is 0 Å². The minimum absolute atomic E-state index is 0.889. The lowest BCUT2D eigenvalue weighted by atomic mass is 9.96. The van der Waals surface area contributed by atoms with E-state index in [2.05, 4.69) is 181 Å². The minimum Gasteiger partial charge on any atom is -0.455 e. The average Bonchev–Trinajstić information content (AvgIpc) is 3.54. The minimum atomic E-state index is 0.889. The molecule has 0 unspecified atom stereocenters. The molecular formula is C44H31NO. The zero-order valence-electron chi connectivity index (χ0n) is 25.3. The van der Waals surface area contributed by atoms with Crippen molar-refractivity contribution >= 4 is 28.0 Å². The Labute approximate surface area is 269 Å². The van der Waals surface area contributed by atoms with Crippen LogP contribution in [0.4, 0.5) is 17.1 Å². The summed E-state index contributed by atoms with van der Waals surface area (Å²) in [4.78, 5) is 2.30. The first-order chi connectivity index (χ1) is 22.8. The number of furan rings is 1. The molecule has 0 saturated carbocycles. The highest BCUT2D eigenvalue weighted by Gasteiger charge is 2.18. The highest BCUT2D eigenvalue weighted by Crippen LogP contribution is 2.42. The van der Waals surface area contributed by atoms with Gasteiger partial charge in [-0.2, -0.15) is 0 Å². The van der Waals surface area contributed by atoms with E-state index >= 15 is 0 Å². The van der Waals surface area contributed by atoms with Crippen LogP contribution in [0.15, 0.2) is 192 Å². The van der Waals surface area contributed by atoms with Crippen LogP contribution in [-0.2, 0) is 0 Å². The summed E-state index contributed by atoms with van der Waals surface area (Å²) in [5.74, 6) is 0.889. The van der Waals surface area contributed by atoms with Crippen LogP contribution in [0, 0.1) is 0 Å². The summed E-state index contributed by atoms with van der Waals surface area (Å²) in [5, 5.41) is 1.12. The van der Waals surface area contributed by atoms with Gasteiger partial charge in [0, 0.05) is 33.6 Å². The van der Waals surface area contributed by atoms with Crippen molar-refractivity contribution in [2.75, 3.05) is 4.90 Å². The smallest absolute Gasteiger partial charge is 0.143 e. The van der Waals surface area contributed by atoms with Gasteiger partial charge in [0.15, 0.2) is 0 Å². The molecular weight excluding hydrogens is 558 g/mol. The third kappa shape index (κ3) is 5.27. The molecule has 0 fully saturated rings. The van der Waals surface area contributed by atoms with E-state index in [9.17, 15) is 0 Å². The van der Waals surface area contributed by atoms with Crippen molar-refractivity contribution in [1.82, 2.24) is 0 Å². The van der Waals surface area contributed by atoms with E-state index in [1.165, 1.54) is 11.1 Å². The molecule has 8 rings (SSSR count). The summed E-state index contributed by atoms with van der Waals surface area (Å²) in [7, 11) is 0. The van der Waals surface area contributed by atoms with E-state index in [0.717, 1.165) is 61.6 Å². The second-order valence-corrected chi connectivity index (χ2v) is 11.4. The lowest BCUT2D eigenvalue weighted by Gasteiger charge is -2.26. The van der Waals surface area contributed by atoms with Crippen LogP contribution in [0.3, 0.4) is 0 Å². The van der Waals surface area contributed by atoms with Crippen LogP contribution >= 0.6 is 0 Å². The second-order valence-electron chi connectivity index (χ2n) is 11.4. The molecule has 0 atom stereocenters. The third-order valence-electron chi connectivity index (χ3n) is 8.49. The predicted molar refractivity (Wildman–Crippen MR) is 193 cm³/mol. The highest BCUT2D eigenvalue weighted by atomic mass is 16.3. The molecule has 0 amide bonds. The fraction of sp³-hybridized carbons (Fsp3) is 0. The number of hydrogen-bond acceptors (Lipinski definition) is 2. The van der Waals surface area contributed by atoms with Crippen LogP contribution in [-0.4, -0.2) is 0 Å². The molecule has 0 aliphatic rings. The molecule has 2 heteroatoms. The molecule has 0 radical (unpaired) electrons. The second kappa shape index (κ2) is 12.1. The standard InChI is InChI=1S/C44H31NO/c1-4-13-32(14-5-1)33-23-27-39(28-24-33)45(38-19-8-3-9-20-38)40-29-25-34(26-30-40)36-17-12-18-37(31-36)44-43(35-15-6-2-7-16-35)41-21-10-11-22-42(41)46-44/h1-31H. The maximum atomic E-state index is 6.51. The van der Waals surface area contributed by atoms with Crippen LogP contribution < -0.4 is 4.90 Å². The van der Waals surface area contributed by atoms with Gasteiger partial charge in [0.1, 0.15) is 11.3 Å². The first-order valence-electron chi connectivity index (χ1n) is 15.6. The first-order valence-corrected chi connectivity index (χ1v) is 15.6. The van der Waals surface area contributed by atoms with Crippen LogP contribution in [0.25, 0.3) is 55.7 Å². The maximum absolute atomic E-state index is 6.51. The van der Waals surface area contributed by atoms with E-state index in [4.69, 9.17) is 4.42 Å². The summed E-state index contributed by atoms with van der Waals surface area (Å²) >= 11 is 0. The number of hydrogen-bond donors (Lipinski definition) is 0. The van der Waals surface area contributed by atoms with Gasteiger partial charge >= 0.3 is 0 Å². The number of anilines is 3. The molecule has 0 saturated heterocycles. The summed E-state index contributed by atoms with van der Waals surface area (Å²) in [5.41, 5.74) is 12.2. The number of rotatable bonds is 7. The quantitative estimate of drug-likeness (QED) is 0.184. The number of benzene rings is 7. The Morgan fingerprint density at radius 2 is 0.783 bits per heavy atom. The number of nitrogens with zero attached hydrogens (tertiary/aromatic N) is 1. The van der Waals surface area contributed by atoms with E-state index in [1.807, 2.05) is 12.1 Å². The molecule has 0 aliphatic heterocycles. The van der Waals surface area contributed by atoms with Gasteiger partial charge in [0.05, 0.1) is 0 Å². The molecule has 8 aromatic rings. The zero-order chi connectivity index (χ0) is 30.7. The average molecular weight is 590 g/mol. The fourth-order valence-corrected chi connectivity index (χ4v) is 6.24. The topological polar surface area (TPSA) is 16.4 Å². The van der Waals surface area contributed by atoms with Gasteiger partial charge in [-0.25, -0.2) is 0 Å². The maximum Gasteiger partial charge on any atom is 0.143 e. The molecule has 0 spiro atoms. The molecule has 7 aromatic carbocycles. The van der Waals surface area contributed by atoms with E-state index in [-0.39, 0.29) is 0 Å². The Bertz CT molecular complexity index is 2220. The summed E-state index contributed by atoms with van der Waals surface area (Å²) in [6, 6.07) is 66.1. The summed E-state index contributed by atoms with van der Waals surface area (Å²) in [6.45, 7) is 0. The monoisotopic (exact) mass is 589 g/mol. The number of fused-ring (bicyclic) bond motifs is 1. The Morgan fingerprint density at radius 1 is 0.326 bits per heavy atom. The zero-order valence-corrected chi connectivity index (χ0v) is 25.3. The lowest BCUT2D eigenvalue weighted by Crippen LogP contribution is -2.09. The highest BCUT2D eigenvalue weighted by molar-refractivity contribution is 6.02. The summed E-state index contributed by atoms with van der Waals surface area (Å²) < 4.78 is 6.51. The lowest BCUT2D eigenvalue weighted by molar-refractivity contribution is 0.632. The van der Waals surface area contributed by atoms with Crippen LogP contribution in [0.1, 0.15) is 0 Å². The predicted octanol–water partition coefficient (Wildman–Crippen LogP) is 12.6. The van der Waals surface area contributed by atoms with E-state index in [0.29, 0.717) is 0 Å². The van der Waals surface area contributed by atoms with Crippen molar-refractivity contribution in [2.24, 2.45) is 0 Å². The molecule has 0 N–H and O–H groups in total. The Hall–Kier alpha value is -6.12. The molecule has 0 aliphatic carbocycles. The van der Waals surface area contributed by atoms with Crippen molar-refractivity contribution in [3.05, 3.63) is 188 Å². The molecule has 1 heterocycles. The SMILES string of the molecule is c1ccc(-c2ccc(N(c3ccccc3)c3ccc(-c4cccc(-c5oc6ccccc6c5-c5ccccc5)c4)cc3)cc2)cc1. The van der Waals surface area contributed by atoms with Gasteiger partial charge in [-0.05, 0) is 76.3 Å². The number of para-hydroxylation sites is 2. The van der Waals surface area contributed by atoms with Gasteiger partial charge in [-0.15, -0.1) is 0 Å². The fourth-order valence-electron chi connectivity index (χ4n) is 6.24. The summed E-state index contributed by atoms with van der Waals surface area (Å²) in [6.07, 6.45) is 0. The van der Waals surface area contributed by atoms with Crippen molar-refractivity contribution in [2.45, 2.75) is 0 Å². The van der Waals surface area contributed by atoms with Crippen LogP contribution in [0.5, 0.6) is 0 Å². The van der Waals surface area contributed by atoms with Gasteiger partial charge in [0.25, 0.3) is 0 Å². The Balaban J connectivity index is 1.15. The van der Waals surface area contributed by atoms with Gasteiger partial charge in [-0.3, -0.25) is 0 Å². The first kappa shape index (κ1) is 27.4. The molecule has 1 aromatic heterocycles. The van der Waals surface area contributed by atoms with Gasteiger partial charge in [0.2, 0.25) is 0 Å².